The number of furan rings is 1. The van der Waals surface area contributed by atoms with Crippen LogP contribution in [0.3, 0.4) is 0 Å². The second-order valence-corrected chi connectivity index (χ2v) is 5.15. The van der Waals surface area contributed by atoms with Crippen molar-refractivity contribution in [3.63, 3.8) is 0 Å². The van der Waals surface area contributed by atoms with Gasteiger partial charge in [0.05, 0.1) is 6.21 Å². The number of nitrogens with zero attached hydrogens (tertiary/aromatic N) is 1. The van der Waals surface area contributed by atoms with E-state index in [0.29, 0.717) is 17.1 Å². The molecule has 3 N–H and O–H groups in total. The summed E-state index contributed by atoms with van der Waals surface area (Å²) >= 11 is 0. The zero-order valence-electron chi connectivity index (χ0n) is 13.0. The Kier molecular flexibility index (Phi) is 5.00. The first kappa shape index (κ1) is 16.6. The van der Waals surface area contributed by atoms with Gasteiger partial charge in [-0.05, 0) is 24.3 Å². The third-order valence-corrected chi connectivity index (χ3v) is 3.44. The van der Waals surface area contributed by atoms with E-state index >= 15 is 0 Å². The molecule has 2 aromatic carbocycles. The van der Waals surface area contributed by atoms with Crippen LogP contribution >= 0.6 is 0 Å². The number of hydrogen-bond acceptors (Lipinski definition) is 5. The number of quaternary nitrogens is 1. The SMILES string of the molecule is O=C(NN=Cc1ccc(-c2ccccc2)o1)c1ccc([NH+]([O-])O)cc1. The fraction of sp³-hybridized carbons (Fsp3) is 0. The van der Waals surface area contributed by atoms with Crippen LogP contribution in [0.25, 0.3) is 11.3 Å². The second-order valence-electron chi connectivity index (χ2n) is 5.15. The Morgan fingerprint density at radius 1 is 1.08 bits per heavy atom. The topological polar surface area (TPSA) is 102 Å². The Morgan fingerprint density at radius 3 is 2.48 bits per heavy atom. The lowest BCUT2D eigenvalue weighted by atomic mass is 10.2. The van der Waals surface area contributed by atoms with Gasteiger partial charge in [0, 0.05) is 23.3 Å². The average molecular weight is 337 g/mol. The third-order valence-electron chi connectivity index (χ3n) is 3.44. The standard InChI is InChI=1S/C18H15N3O4/c22-18(14-6-8-15(9-7-14)21(23)24)20-19-12-16-10-11-17(25-16)13-4-2-1-3-5-13/h1-12,21,23H,(H,20,22). The summed E-state index contributed by atoms with van der Waals surface area (Å²) in [5.74, 6) is 0.765. The molecule has 1 amide bonds. The van der Waals surface area contributed by atoms with E-state index in [1.54, 1.807) is 6.07 Å². The van der Waals surface area contributed by atoms with Gasteiger partial charge in [0.15, 0.2) is 5.69 Å². The molecule has 1 aromatic heterocycles. The van der Waals surface area contributed by atoms with Gasteiger partial charge in [-0.2, -0.15) is 10.3 Å². The van der Waals surface area contributed by atoms with Gasteiger partial charge in [-0.25, -0.2) is 10.6 Å². The first-order valence-electron chi connectivity index (χ1n) is 7.45. The number of benzene rings is 2. The molecular formula is C18H15N3O4. The van der Waals surface area contributed by atoms with Crippen molar-refractivity contribution < 1.29 is 19.6 Å². The summed E-state index contributed by atoms with van der Waals surface area (Å²) in [5.41, 5.74) is 3.74. The predicted molar refractivity (Wildman–Crippen MR) is 91.4 cm³/mol. The molecule has 1 heterocycles. The molecule has 7 heteroatoms. The fourth-order valence-corrected chi connectivity index (χ4v) is 2.16. The Bertz CT molecular complexity index is 871. The average Bonchev–Trinajstić information content (AvgIpc) is 3.11. The van der Waals surface area contributed by atoms with Crippen LogP contribution in [0.4, 0.5) is 5.69 Å². The van der Waals surface area contributed by atoms with Crippen LogP contribution in [0.15, 0.2) is 76.2 Å². The number of amides is 1. The van der Waals surface area contributed by atoms with Crippen LogP contribution in [0, 0.1) is 5.21 Å². The highest BCUT2D eigenvalue weighted by molar-refractivity contribution is 5.94. The number of nitrogens with one attached hydrogen (secondary N) is 2. The molecule has 7 nitrogen and oxygen atoms in total. The summed E-state index contributed by atoms with van der Waals surface area (Å²) in [5, 5.41) is 22.4. The largest absolute Gasteiger partial charge is 0.595 e. The number of hydrazone groups is 1. The molecule has 0 fully saturated rings. The minimum Gasteiger partial charge on any atom is -0.595 e. The van der Waals surface area contributed by atoms with Gasteiger partial charge in [-0.3, -0.25) is 4.79 Å². The second kappa shape index (κ2) is 7.54. The molecular weight excluding hydrogens is 322 g/mol. The van der Waals surface area contributed by atoms with Gasteiger partial charge in [0.2, 0.25) is 0 Å². The van der Waals surface area contributed by atoms with Gasteiger partial charge in [0.1, 0.15) is 11.5 Å². The molecule has 0 aliphatic rings. The van der Waals surface area contributed by atoms with E-state index in [9.17, 15) is 10.0 Å². The first-order valence-corrected chi connectivity index (χ1v) is 7.45. The van der Waals surface area contributed by atoms with Crippen LogP contribution in [-0.4, -0.2) is 17.3 Å². The van der Waals surface area contributed by atoms with Crippen molar-refractivity contribution >= 4 is 17.8 Å². The van der Waals surface area contributed by atoms with Gasteiger partial charge < -0.3 is 9.62 Å². The van der Waals surface area contributed by atoms with E-state index in [1.807, 2.05) is 36.4 Å². The van der Waals surface area contributed by atoms with Crippen LogP contribution in [0.2, 0.25) is 0 Å². The van der Waals surface area contributed by atoms with E-state index in [2.05, 4.69) is 10.5 Å². The monoisotopic (exact) mass is 337 g/mol. The van der Waals surface area contributed by atoms with Gasteiger partial charge in [-0.15, -0.1) is 0 Å². The zero-order chi connectivity index (χ0) is 17.6. The van der Waals surface area contributed by atoms with E-state index in [-0.39, 0.29) is 5.69 Å². The predicted octanol–water partition coefficient (Wildman–Crippen LogP) is 2.11. The quantitative estimate of drug-likeness (QED) is 0.490. The van der Waals surface area contributed by atoms with Crippen molar-refractivity contribution in [1.29, 1.82) is 0 Å². The van der Waals surface area contributed by atoms with Crippen LogP contribution < -0.4 is 10.7 Å². The maximum absolute atomic E-state index is 11.9. The Balaban J connectivity index is 1.61. The van der Waals surface area contributed by atoms with E-state index in [0.717, 1.165) is 5.56 Å². The smallest absolute Gasteiger partial charge is 0.271 e. The lowest BCUT2D eigenvalue weighted by Crippen LogP contribution is -2.99. The minimum absolute atomic E-state index is 0.115. The van der Waals surface area contributed by atoms with E-state index in [1.165, 1.54) is 30.5 Å². The van der Waals surface area contributed by atoms with Gasteiger partial charge in [0.25, 0.3) is 5.91 Å². The summed E-state index contributed by atoms with van der Waals surface area (Å²) in [4.78, 5) is 11.9. The number of carbonyl (C=O) groups is 1. The van der Waals surface area contributed by atoms with Gasteiger partial charge in [-0.1, -0.05) is 30.3 Å². The van der Waals surface area contributed by atoms with Crippen LogP contribution in [0.5, 0.6) is 0 Å². The molecule has 25 heavy (non-hydrogen) atoms. The zero-order valence-corrected chi connectivity index (χ0v) is 13.0. The first-order chi connectivity index (χ1) is 12.1. The molecule has 0 saturated carbocycles. The molecule has 3 aromatic rings. The summed E-state index contributed by atoms with van der Waals surface area (Å²) < 4.78 is 5.63. The summed E-state index contributed by atoms with van der Waals surface area (Å²) in [7, 11) is 0. The van der Waals surface area contributed by atoms with Crippen molar-refractivity contribution in [3.05, 3.63) is 83.3 Å². The minimum atomic E-state index is -1.04. The van der Waals surface area contributed by atoms with E-state index < -0.39 is 11.1 Å². The summed E-state index contributed by atoms with van der Waals surface area (Å²) in [6.45, 7) is 0. The highest BCUT2D eigenvalue weighted by atomic mass is 16.8. The highest BCUT2D eigenvalue weighted by Gasteiger charge is 2.07. The fourth-order valence-electron chi connectivity index (χ4n) is 2.16. The molecule has 1 atom stereocenters. The molecule has 0 aliphatic heterocycles. The molecule has 3 rings (SSSR count). The molecule has 1 unspecified atom stereocenters. The lowest BCUT2D eigenvalue weighted by Gasteiger charge is -2.11. The maximum atomic E-state index is 11.9. The third kappa shape index (κ3) is 4.18. The molecule has 0 radical (unpaired) electrons. The summed E-state index contributed by atoms with van der Waals surface area (Å²) in [6, 6.07) is 18.8. The van der Waals surface area contributed by atoms with Crippen molar-refractivity contribution in [2.24, 2.45) is 5.10 Å². The van der Waals surface area contributed by atoms with Crippen LogP contribution in [-0.2, 0) is 0 Å². The van der Waals surface area contributed by atoms with Crippen molar-refractivity contribution in [1.82, 2.24) is 5.43 Å². The number of rotatable bonds is 5. The molecule has 0 bridgehead atoms. The van der Waals surface area contributed by atoms with E-state index in [4.69, 9.17) is 9.62 Å². The number of carbonyl (C=O) groups excluding carboxylic acids is 1. The highest BCUT2D eigenvalue weighted by Crippen LogP contribution is 2.20. The lowest BCUT2D eigenvalue weighted by molar-refractivity contribution is -0.991. The van der Waals surface area contributed by atoms with Crippen molar-refractivity contribution in [3.8, 4) is 11.3 Å². The maximum Gasteiger partial charge on any atom is 0.271 e. The Morgan fingerprint density at radius 2 is 1.80 bits per heavy atom. The molecule has 0 aliphatic carbocycles. The Labute approximate surface area is 143 Å². The van der Waals surface area contributed by atoms with Crippen molar-refractivity contribution in [2.75, 3.05) is 0 Å². The molecule has 0 spiro atoms. The molecule has 126 valence electrons. The molecule has 0 saturated heterocycles. The van der Waals surface area contributed by atoms with Crippen molar-refractivity contribution in [2.45, 2.75) is 0 Å². The Hall–Kier alpha value is -3.26. The van der Waals surface area contributed by atoms with Gasteiger partial charge >= 0.3 is 0 Å². The summed E-state index contributed by atoms with van der Waals surface area (Å²) in [6.07, 6.45) is 1.40. The normalized spacial score (nSPS) is 12.2. The number of hydrogen-bond donors (Lipinski definition) is 3. The van der Waals surface area contributed by atoms with Crippen LogP contribution in [0.1, 0.15) is 16.1 Å².